The van der Waals surface area contributed by atoms with E-state index < -0.39 is 56.2 Å². The number of hydrogen-bond acceptors (Lipinski definition) is 7. The van der Waals surface area contributed by atoms with Gasteiger partial charge in [0.25, 0.3) is 0 Å². The maximum atomic E-state index is 11.7. The SMILES string of the molecule is CC(=O)C(CCC(=O)NC(CO)CO)NC(=O)C(CO)CO. The zero-order chi connectivity index (χ0) is 17.1. The second kappa shape index (κ2) is 11.1. The maximum Gasteiger partial charge on any atom is 0.228 e. The van der Waals surface area contributed by atoms with E-state index in [0.29, 0.717) is 0 Å². The van der Waals surface area contributed by atoms with Crippen LogP contribution >= 0.6 is 0 Å². The first-order chi connectivity index (χ1) is 10.4. The van der Waals surface area contributed by atoms with Crippen LogP contribution < -0.4 is 10.6 Å². The predicted octanol–water partition coefficient (Wildman–Crippen LogP) is -3.09. The van der Waals surface area contributed by atoms with Gasteiger partial charge in [0.1, 0.15) is 0 Å². The van der Waals surface area contributed by atoms with Gasteiger partial charge < -0.3 is 31.1 Å². The molecule has 2 amide bonds. The van der Waals surface area contributed by atoms with Gasteiger partial charge in [-0.3, -0.25) is 14.4 Å². The van der Waals surface area contributed by atoms with Crippen molar-refractivity contribution in [2.45, 2.75) is 31.8 Å². The van der Waals surface area contributed by atoms with Crippen molar-refractivity contribution in [2.75, 3.05) is 26.4 Å². The second-order valence-corrected chi connectivity index (χ2v) is 4.90. The van der Waals surface area contributed by atoms with E-state index in [1.165, 1.54) is 6.92 Å². The van der Waals surface area contributed by atoms with E-state index in [1.807, 2.05) is 0 Å². The minimum absolute atomic E-state index is 0.0278. The molecule has 1 atom stereocenters. The molecule has 0 aliphatic carbocycles. The number of aliphatic hydroxyl groups excluding tert-OH is 4. The summed E-state index contributed by atoms with van der Waals surface area (Å²) >= 11 is 0. The lowest BCUT2D eigenvalue weighted by Crippen LogP contribution is -2.46. The molecular formula is C13H24N2O7. The van der Waals surface area contributed by atoms with E-state index in [2.05, 4.69) is 10.6 Å². The summed E-state index contributed by atoms with van der Waals surface area (Å²) in [6.45, 7) is -0.683. The van der Waals surface area contributed by atoms with E-state index in [0.717, 1.165) is 0 Å². The zero-order valence-electron chi connectivity index (χ0n) is 12.5. The molecule has 0 rings (SSSR count). The first-order valence-corrected chi connectivity index (χ1v) is 6.93. The van der Waals surface area contributed by atoms with E-state index in [4.69, 9.17) is 20.4 Å². The molecule has 0 aromatic rings. The van der Waals surface area contributed by atoms with Crippen LogP contribution in [-0.2, 0) is 14.4 Å². The van der Waals surface area contributed by atoms with E-state index >= 15 is 0 Å². The lowest BCUT2D eigenvalue weighted by Gasteiger charge is -2.19. The number of hydrogen-bond donors (Lipinski definition) is 6. The lowest BCUT2D eigenvalue weighted by molar-refractivity contribution is -0.132. The van der Waals surface area contributed by atoms with E-state index in [-0.39, 0.29) is 18.6 Å². The Morgan fingerprint density at radius 2 is 1.45 bits per heavy atom. The Bertz CT molecular complexity index is 367. The number of carbonyl (C=O) groups excluding carboxylic acids is 3. The Kier molecular flexibility index (Phi) is 10.3. The van der Waals surface area contributed by atoms with Gasteiger partial charge >= 0.3 is 0 Å². The number of rotatable bonds is 11. The van der Waals surface area contributed by atoms with Crippen LogP contribution in [0.4, 0.5) is 0 Å². The fourth-order valence-corrected chi connectivity index (χ4v) is 1.61. The third-order valence-electron chi connectivity index (χ3n) is 3.08. The Morgan fingerprint density at radius 3 is 1.86 bits per heavy atom. The largest absolute Gasteiger partial charge is 0.395 e. The average molecular weight is 320 g/mol. The molecule has 0 aliphatic rings. The van der Waals surface area contributed by atoms with Crippen LogP contribution in [0.1, 0.15) is 19.8 Å². The summed E-state index contributed by atoms with van der Waals surface area (Å²) in [6, 6.07) is -1.69. The van der Waals surface area contributed by atoms with Gasteiger partial charge in [-0.2, -0.15) is 0 Å². The van der Waals surface area contributed by atoms with Gasteiger partial charge in [-0.15, -0.1) is 0 Å². The number of aliphatic hydroxyl groups is 4. The number of nitrogens with one attached hydrogen (secondary N) is 2. The molecule has 9 heteroatoms. The molecule has 0 fully saturated rings. The van der Waals surface area contributed by atoms with Gasteiger partial charge in [0.05, 0.1) is 44.4 Å². The minimum atomic E-state index is -1.02. The first-order valence-electron chi connectivity index (χ1n) is 6.93. The summed E-state index contributed by atoms with van der Waals surface area (Å²) < 4.78 is 0. The van der Waals surface area contributed by atoms with Gasteiger partial charge in [0, 0.05) is 6.42 Å². The Balaban J connectivity index is 4.45. The molecule has 0 aromatic heterocycles. The smallest absolute Gasteiger partial charge is 0.228 e. The third-order valence-corrected chi connectivity index (χ3v) is 3.08. The van der Waals surface area contributed by atoms with Crippen molar-refractivity contribution in [2.24, 2.45) is 5.92 Å². The number of Topliss-reactive ketones (excluding diaryl/α,β-unsaturated/α-hetero) is 1. The molecule has 1 unspecified atom stereocenters. The minimum Gasteiger partial charge on any atom is -0.395 e. The van der Waals surface area contributed by atoms with E-state index in [1.54, 1.807) is 0 Å². The monoisotopic (exact) mass is 320 g/mol. The summed E-state index contributed by atoms with van der Waals surface area (Å²) in [4.78, 5) is 34.8. The Labute approximate surface area is 128 Å². The third kappa shape index (κ3) is 7.46. The molecule has 0 spiro atoms. The summed E-state index contributed by atoms with van der Waals surface area (Å²) in [7, 11) is 0. The van der Waals surface area contributed by atoms with Gasteiger partial charge in [-0.1, -0.05) is 0 Å². The van der Waals surface area contributed by atoms with Crippen LogP contribution in [0.2, 0.25) is 0 Å². The number of amides is 2. The molecule has 0 bridgehead atoms. The predicted molar refractivity (Wildman–Crippen MR) is 75.6 cm³/mol. The average Bonchev–Trinajstić information content (AvgIpc) is 2.49. The van der Waals surface area contributed by atoms with Gasteiger partial charge in [-0.25, -0.2) is 0 Å². The molecule has 0 saturated heterocycles. The highest BCUT2D eigenvalue weighted by Crippen LogP contribution is 2.03. The fraction of sp³-hybridized carbons (Fsp3) is 0.769. The fourth-order valence-electron chi connectivity index (χ4n) is 1.61. The molecule has 128 valence electrons. The number of carbonyl (C=O) groups is 3. The quantitative estimate of drug-likeness (QED) is 0.235. The van der Waals surface area contributed by atoms with E-state index in [9.17, 15) is 14.4 Å². The Morgan fingerprint density at radius 1 is 0.909 bits per heavy atom. The van der Waals surface area contributed by atoms with Crippen LogP contribution in [0, 0.1) is 5.92 Å². The topological polar surface area (TPSA) is 156 Å². The maximum absolute atomic E-state index is 11.7. The summed E-state index contributed by atoms with van der Waals surface area (Å²) in [5, 5.41) is 40.2. The van der Waals surface area contributed by atoms with Crippen molar-refractivity contribution in [1.82, 2.24) is 10.6 Å². The molecule has 0 aliphatic heterocycles. The van der Waals surface area contributed by atoms with Gasteiger partial charge in [-0.05, 0) is 13.3 Å². The molecule has 0 heterocycles. The molecule has 0 aromatic carbocycles. The summed E-state index contributed by atoms with van der Waals surface area (Å²) in [6.07, 6.45) is -0.0655. The van der Waals surface area contributed by atoms with Crippen LogP contribution in [0.25, 0.3) is 0 Å². The summed E-state index contributed by atoms with van der Waals surface area (Å²) in [5.74, 6) is -2.54. The molecule has 6 N–H and O–H groups in total. The van der Waals surface area contributed by atoms with Crippen molar-refractivity contribution < 1.29 is 34.8 Å². The highest BCUT2D eigenvalue weighted by molar-refractivity contribution is 5.89. The van der Waals surface area contributed by atoms with Crippen LogP contribution in [0.3, 0.4) is 0 Å². The molecule has 0 saturated carbocycles. The Hall–Kier alpha value is -1.55. The standard InChI is InChI=1S/C13H24N2O7/c1-8(20)11(15-13(22)9(4-16)5-17)2-3-12(21)14-10(6-18)7-19/h9-11,16-19H,2-7H2,1H3,(H,14,21)(H,15,22). The van der Waals surface area contributed by atoms with Gasteiger partial charge in [0.15, 0.2) is 5.78 Å². The van der Waals surface area contributed by atoms with Crippen LogP contribution in [-0.4, -0.2) is 76.5 Å². The molecule has 22 heavy (non-hydrogen) atoms. The first kappa shape index (κ1) is 20.5. The van der Waals surface area contributed by atoms with Crippen molar-refractivity contribution in [3.05, 3.63) is 0 Å². The van der Waals surface area contributed by atoms with Crippen molar-refractivity contribution in [1.29, 1.82) is 0 Å². The molecule has 0 radical (unpaired) electrons. The normalized spacial score (nSPS) is 12.3. The van der Waals surface area contributed by atoms with Crippen molar-refractivity contribution >= 4 is 17.6 Å². The lowest BCUT2D eigenvalue weighted by atomic mass is 10.0. The van der Waals surface area contributed by atoms with Crippen molar-refractivity contribution in [3.63, 3.8) is 0 Å². The van der Waals surface area contributed by atoms with Crippen LogP contribution in [0.15, 0.2) is 0 Å². The van der Waals surface area contributed by atoms with Gasteiger partial charge in [0.2, 0.25) is 11.8 Å². The second-order valence-electron chi connectivity index (χ2n) is 4.90. The zero-order valence-corrected chi connectivity index (χ0v) is 12.5. The van der Waals surface area contributed by atoms with Crippen molar-refractivity contribution in [3.8, 4) is 0 Å². The molecule has 9 nitrogen and oxygen atoms in total. The molecular weight excluding hydrogens is 296 g/mol. The summed E-state index contributed by atoms with van der Waals surface area (Å²) in [5.41, 5.74) is 0. The van der Waals surface area contributed by atoms with Crippen LogP contribution in [0.5, 0.6) is 0 Å². The number of ketones is 1. The highest BCUT2D eigenvalue weighted by atomic mass is 16.3. The highest BCUT2D eigenvalue weighted by Gasteiger charge is 2.23.